The molecule has 0 spiro atoms. The first kappa shape index (κ1) is 12.9. The van der Waals surface area contributed by atoms with Gasteiger partial charge in [-0.15, -0.1) is 0 Å². The van der Waals surface area contributed by atoms with E-state index in [0.717, 1.165) is 23.3 Å². The number of hydrogen-bond donors (Lipinski definition) is 1. The minimum absolute atomic E-state index is 0.453. The molecule has 3 rings (SSSR count). The van der Waals surface area contributed by atoms with Crippen molar-refractivity contribution in [1.82, 2.24) is 4.98 Å². The molecule has 0 atom stereocenters. The molecular formula is C17H19N3. The molecule has 1 aliphatic carbocycles. The summed E-state index contributed by atoms with van der Waals surface area (Å²) >= 11 is 0. The third-order valence-corrected chi connectivity index (χ3v) is 4.21. The first-order valence-corrected chi connectivity index (χ1v) is 7.30. The van der Waals surface area contributed by atoms with E-state index in [1.54, 1.807) is 0 Å². The number of anilines is 1. The summed E-state index contributed by atoms with van der Waals surface area (Å²) in [6, 6.07) is 12.1. The highest BCUT2D eigenvalue weighted by atomic mass is 15.0. The van der Waals surface area contributed by atoms with Gasteiger partial charge in [-0.25, -0.2) is 4.98 Å². The summed E-state index contributed by atoms with van der Waals surface area (Å²) < 4.78 is 0. The van der Waals surface area contributed by atoms with Crippen molar-refractivity contribution in [3.63, 3.8) is 0 Å². The Kier molecular flexibility index (Phi) is 3.31. The number of nitriles is 1. The average molecular weight is 265 g/mol. The predicted molar refractivity (Wildman–Crippen MR) is 81.5 cm³/mol. The second-order valence-corrected chi connectivity index (χ2v) is 5.79. The lowest BCUT2D eigenvalue weighted by atomic mass is 10.0. The number of hydrogen-bond acceptors (Lipinski definition) is 3. The Labute approximate surface area is 119 Å². The monoisotopic (exact) mass is 265 g/mol. The molecule has 1 heterocycles. The number of aromatic nitrogens is 1. The van der Waals surface area contributed by atoms with Gasteiger partial charge in [0.15, 0.2) is 0 Å². The number of rotatable bonds is 5. The molecule has 1 saturated carbocycles. The minimum Gasteiger partial charge on any atom is -0.368 e. The molecule has 1 N–H and O–H groups in total. The van der Waals surface area contributed by atoms with Gasteiger partial charge in [0, 0.05) is 11.9 Å². The van der Waals surface area contributed by atoms with E-state index < -0.39 is 0 Å². The average Bonchev–Trinajstić information content (AvgIpc) is 3.24. The molecule has 0 amide bonds. The van der Waals surface area contributed by atoms with Crippen molar-refractivity contribution in [3.05, 3.63) is 35.9 Å². The summed E-state index contributed by atoms with van der Waals surface area (Å²) in [5, 5.41) is 13.7. The van der Waals surface area contributed by atoms with E-state index in [0.29, 0.717) is 11.0 Å². The van der Waals surface area contributed by atoms with Crippen molar-refractivity contribution >= 4 is 16.7 Å². The summed E-state index contributed by atoms with van der Waals surface area (Å²) in [6.45, 7) is 3.16. The Morgan fingerprint density at radius 2 is 2.15 bits per heavy atom. The Balaban J connectivity index is 1.85. The van der Waals surface area contributed by atoms with Gasteiger partial charge in [-0.3, -0.25) is 0 Å². The number of pyridine rings is 1. The summed E-state index contributed by atoms with van der Waals surface area (Å²) in [6.07, 6.45) is 5.07. The number of fused-ring (bicyclic) bond motifs is 1. The summed E-state index contributed by atoms with van der Waals surface area (Å²) in [5.41, 5.74) is 2.03. The van der Waals surface area contributed by atoms with E-state index >= 15 is 0 Å². The number of benzene rings is 1. The molecule has 1 fully saturated rings. The molecule has 0 unspecified atom stereocenters. The van der Waals surface area contributed by atoms with Gasteiger partial charge < -0.3 is 5.32 Å². The molecule has 1 aromatic heterocycles. The van der Waals surface area contributed by atoms with Crippen molar-refractivity contribution in [2.75, 3.05) is 11.9 Å². The highest BCUT2D eigenvalue weighted by molar-refractivity contribution is 5.82. The van der Waals surface area contributed by atoms with E-state index in [1.165, 1.54) is 25.7 Å². The van der Waals surface area contributed by atoms with Gasteiger partial charge in [0.1, 0.15) is 11.9 Å². The molecule has 0 saturated heterocycles. The van der Waals surface area contributed by atoms with Crippen LogP contribution >= 0.6 is 0 Å². The van der Waals surface area contributed by atoms with Crippen LogP contribution in [0.3, 0.4) is 0 Å². The van der Waals surface area contributed by atoms with E-state index in [2.05, 4.69) is 23.3 Å². The largest absolute Gasteiger partial charge is 0.368 e. The van der Waals surface area contributed by atoms with Gasteiger partial charge in [0.25, 0.3) is 0 Å². The summed E-state index contributed by atoms with van der Waals surface area (Å²) in [5.74, 6) is 0.730. The van der Waals surface area contributed by atoms with Crippen LogP contribution in [-0.4, -0.2) is 11.5 Å². The van der Waals surface area contributed by atoms with Crippen LogP contribution in [0.2, 0.25) is 0 Å². The Morgan fingerprint density at radius 3 is 2.85 bits per heavy atom. The smallest absolute Gasteiger partial charge is 0.144 e. The van der Waals surface area contributed by atoms with Crippen molar-refractivity contribution in [3.8, 4) is 6.07 Å². The van der Waals surface area contributed by atoms with Crippen molar-refractivity contribution in [2.45, 2.75) is 32.6 Å². The molecule has 102 valence electrons. The highest BCUT2D eigenvalue weighted by Crippen LogP contribution is 2.49. The molecule has 0 aliphatic heterocycles. The van der Waals surface area contributed by atoms with Crippen LogP contribution in [0.5, 0.6) is 0 Å². The molecule has 1 aliphatic rings. The maximum atomic E-state index is 9.30. The van der Waals surface area contributed by atoms with Crippen LogP contribution in [-0.2, 0) is 0 Å². The van der Waals surface area contributed by atoms with Crippen LogP contribution in [0.4, 0.5) is 5.82 Å². The van der Waals surface area contributed by atoms with Crippen LogP contribution in [0.1, 0.15) is 38.2 Å². The standard InChI is InChI=1S/C17H19N3/c1-2-7-17(8-9-17)12-19-16-14(11-18)10-13-5-3-4-6-15(13)20-16/h3-6,10H,2,7-9,12H2,1H3,(H,19,20). The second kappa shape index (κ2) is 5.13. The molecule has 0 radical (unpaired) electrons. The van der Waals surface area contributed by atoms with E-state index in [4.69, 9.17) is 0 Å². The van der Waals surface area contributed by atoms with Gasteiger partial charge in [-0.05, 0) is 36.8 Å². The van der Waals surface area contributed by atoms with Gasteiger partial charge in [0.05, 0.1) is 11.1 Å². The number of para-hydroxylation sites is 1. The van der Waals surface area contributed by atoms with Crippen LogP contribution < -0.4 is 5.32 Å². The zero-order valence-electron chi connectivity index (χ0n) is 11.8. The molecule has 2 aromatic rings. The Morgan fingerprint density at radius 1 is 1.35 bits per heavy atom. The third-order valence-electron chi connectivity index (χ3n) is 4.21. The zero-order valence-corrected chi connectivity index (χ0v) is 11.8. The quantitative estimate of drug-likeness (QED) is 0.885. The number of nitrogens with zero attached hydrogens (tertiary/aromatic N) is 2. The molecule has 0 bridgehead atoms. The lowest BCUT2D eigenvalue weighted by molar-refractivity contribution is 0.485. The molecular weight excluding hydrogens is 246 g/mol. The maximum Gasteiger partial charge on any atom is 0.144 e. The Bertz CT molecular complexity index is 665. The fourth-order valence-electron chi connectivity index (χ4n) is 2.83. The van der Waals surface area contributed by atoms with Crippen LogP contribution in [0.25, 0.3) is 10.9 Å². The number of nitrogens with one attached hydrogen (secondary N) is 1. The first-order chi connectivity index (χ1) is 9.76. The fraction of sp³-hybridized carbons (Fsp3) is 0.412. The molecule has 1 aromatic carbocycles. The van der Waals surface area contributed by atoms with Gasteiger partial charge in [-0.2, -0.15) is 5.26 Å². The predicted octanol–water partition coefficient (Wildman–Crippen LogP) is 4.10. The topological polar surface area (TPSA) is 48.7 Å². The van der Waals surface area contributed by atoms with Crippen molar-refractivity contribution in [1.29, 1.82) is 5.26 Å². The van der Waals surface area contributed by atoms with E-state index in [9.17, 15) is 5.26 Å². The molecule has 3 nitrogen and oxygen atoms in total. The SMILES string of the molecule is CCCC1(CNc2nc3ccccc3cc2C#N)CC1. The maximum absolute atomic E-state index is 9.30. The zero-order chi connectivity index (χ0) is 14.0. The summed E-state index contributed by atoms with van der Waals surface area (Å²) in [7, 11) is 0. The van der Waals surface area contributed by atoms with Crippen molar-refractivity contribution < 1.29 is 0 Å². The minimum atomic E-state index is 0.453. The van der Waals surface area contributed by atoms with E-state index in [1.807, 2.05) is 30.3 Å². The molecule has 3 heteroatoms. The highest BCUT2D eigenvalue weighted by Gasteiger charge is 2.41. The van der Waals surface area contributed by atoms with E-state index in [-0.39, 0.29) is 0 Å². The Hall–Kier alpha value is -2.08. The lowest BCUT2D eigenvalue weighted by Gasteiger charge is -2.16. The second-order valence-electron chi connectivity index (χ2n) is 5.79. The molecule has 20 heavy (non-hydrogen) atoms. The lowest BCUT2D eigenvalue weighted by Crippen LogP contribution is -2.16. The van der Waals surface area contributed by atoms with Crippen molar-refractivity contribution in [2.24, 2.45) is 5.41 Å². The van der Waals surface area contributed by atoms with Gasteiger partial charge in [-0.1, -0.05) is 31.5 Å². The normalized spacial score (nSPS) is 15.8. The van der Waals surface area contributed by atoms with Gasteiger partial charge >= 0.3 is 0 Å². The van der Waals surface area contributed by atoms with Gasteiger partial charge in [0.2, 0.25) is 0 Å². The summed E-state index contributed by atoms with van der Waals surface area (Å²) in [4.78, 5) is 4.60. The first-order valence-electron chi connectivity index (χ1n) is 7.30. The third kappa shape index (κ3) is 2.46. The van der Waals surface area contributed by atoms with Crippen LogP contribution in [0.15, 0.2) is 30.3 Å². The van der Waals surface area contributed by atoms with Crippen LogP contribution in [0, 0.1) is 16.7 Å². The fourth-order valence-corrected chi connectivity index (χ4v) is 2.83.